The van der Waals surface area contributed by atoms with Crippen molar-refractivity contribution >= 4 is 11.8 Å². The molecule has 3 heterocycles. The molecule has 0 radical (unpaired) electrons. The smallest absolute Gasteiger partial charge is 0.256 e. The van der Waals surface area contributed by atoms with E-state index in [1.54, 1.807) is 6.92 Å². The van der Waals surface area contributed by atoms with E-state index >= 15 is 0 Å². The molecule has 0 N–H and O–H groups in total. The fourth-order valence-electron chi connectivity index (χ4n) is 5.19. The molecule has 2 fully saturated rings. The minimum Gasteiger partial charge on any atom is -0.340 e. The van der Waals surface area contributed by atoms with Gasteiger partial charge in [-0.15, -0.1) is 0 Å². The molecule has 2 amide bonds. The fraction of sp³-hybridized carbons (Fsp3) is 0.520. The maximum Gasteiger partial charge on any atom is 0.256 e. The summed E-state index contributed by atoms with van der Waals surface area (Å²) in [6.45, 7) is 14.9. The highest BCUT2D eigenvalue weighted by molar-refractivity contribution is 5.98. The number of hydrogen-bond donors (Lipinski definition) is 0. The van der Waals surface area contributed by atoms with Gasteiger partial charge in [0.25, 0.3) is 5.91 Å². The molecule has 0 spiro atoms. The molecule has 4 rings (SSSR count). The quantitative estimate of drug-likeness (QED) is 0.764. The van der Waals surface area contributed by atoms with Crippen molar-refractivity contribution in [1.82, 2.24) is 19.3 Å². The SMILES string of the molecule is CC(=O)N1CCN(C2CN(C(=O)c3cc(C)ccc3-n3c(C)ccc3C)CC2C)CC1. The van der Waals surface area contributed by atoms with E-state index in [9.17, 15) is 9.59 Å². The van der Waals surface area contributed by atoms with Gasteiger partial charge in [0.2, 0.25) is 5.91 Å². The number of nitrogens with zero attached hydrogens (tertiary/aromatic N) is 4. The number of aryl methyl sites for hydroxylation is 3. The van der Waals surface area contributed by atoms with Crippen LogP contribution in [0.25, 0.3) is 5.69 Å². The highest BCUT2D eigenvalue weighted by Crippen LogP contribution is 2.28. The van der Waals surface area contributed by atoms with Crippen LogP contribution in [0.2, 0.25) is 0 Å². The van der Waals surface area contributed by atoms with Crippen LogP contribution in [0, 0.1) is 26.7 Å². The Morgan fingerprint density at radius 1 is 0.871 bits per heavy atom. The first-order chi connectivity index (χ1) is 14.8. The van der Waals surface area contributed by atoms with Gasteiger partial charge in [0.05, 0.1) is 11.3 Å². The maximum absolute atomic E-state index is 13.7. The lowest BCUT2D eigenvalue weighted by molar-refractivity contribution is -0.130. The molecule has 166 valence electrons. The maximum atomic E-state index is 13.7. The molecule has 2 aliphatic rings. The molecule has 1 aromatic heterocycles. The molecule has 2 aliphatic heterocycles. The van der Waals surface area contributed by atoms with Crippen molar-refractivity contribution in [1.29, 1.82) is 0 Å². The van der Waals surface area contributed by atoms with Gasteiger partial charge in [0.1, 0.15) is 0 Å². The summed E-state index contributed by atoms with van der Waals surface area (Å²) in [5, 5.41) is 0. The number of hydrogen-bond acceptors (Lipinski definition) is 3. The van der Waals surface area contributed by atoms with E-state index in [0.717, 1.165) is 67.5 Å². The summed E-state index contributed by atoms with van der Waals surface area (Å²) in [6, 6.07) is 10.7. The lowest BCUT2D eigenvalue weighted by atomic mass is 10.0. The number of carbonyl (C=O) groups excluding carboxylic acids is 2. The second-order valence-electron chi connectivity index (χ2n) is 9.27. The van der Waals surface area contributed by atoms with Gasteiger partial charge >= 0.3 is 0 Å². The van der Waals surface area contributed by atoms with Gasteiger partial charge in [-0.1, -0.05) is 18.6 Å². The Labute approximate surface area is 185 Å². The largest absolute Gasteiger partial charge is 0.340 e. The average Bonchev–Trinajstić information content (AvgIpc) is 3.29. The van der Waals surface area contributed by atoms with Gasteiger partial charge in [-0.05, 0) is 51.0 Å². The number of carbonyl (C=O) groups is 2. The topological polar surface area (TPSA) is 48.8 Å². The second-order valence-corrected chi connectivity index (χ2v) is 9.27. The van der Waals surface area contributed by atoms with Crippen LogP contribution >= 0.6 is 0 Å². The van der Waals surface area contributed by atoms with Gasteiger partial charge in [-0.2, -0.15) is 0 Å². The van der Waals surface area contributed by atoms with Crippen molar-refractivity contribution in [3.8, 4) is 5.69 Å². The number of amides is 2. The van der Waals surface area contributed by atoms with E-state index in [4.69, 9.17) is 0 Å². The summed E-state index contributed by atoms with van der Waals surface area (Å²) in [4.78, 5) is 31.8. The molecule has 6 heteroatoms. The predicted octanol–water partition coefficient (Wildman–Crippen LogP) is 3.03. The normalized spacial score (nSPS) is 22.2. The molecule has 31 heavy (non-hydrogen) atoms. The third-order valence-electron chi connectivity index (χ3n) is 6.98. The molecule has 2 unspecified atom stereocenters. The fourth-order valence-corrected chi connectivity index (χ4v) is 5.19. The van der Waals surface area contributed by atoms with Gasteiger partial charge in [0, 0.05) is 63.6 Å². The van der Waals surface area contributed by atoms with E-state index in [1.165, 1.54) is 0 Å². The highest BCUT2D eigenvalue weighted by Gasteiger charge is 2.38. The average molecular weight is 423 g/mol. The van der Waals surface area contributed by atoms with Crippen molar-refractivity contribution in [3.05, 3.63) is 52.8 Å². The van der Waals surface area contributed by atoms with Crippen LogP contribution in [0.3, 0.4) is 0 Å². The molecule has 2 aromatic rings. The third kappa shape index (κ3) is 4.13. The van der Waals surface area contributed by atoms with E-state index in [2.05, 4.69) is 54.5 Å². The Balaban J connectivity index is 1.55. The molecular formula is C25H34N4O2. The second kappa shape index (κ2) is 8.50. The summed E-state index contributed by atoms with van der Waals surface area (Å²) in [5.41, 5.74) is 5.09. The van der Waals surface area contributed by atoms with Crippen LogP contribution in [0.5, 0.6) is 0 Å². The van der Waals surface area contributed by atoms with Gasteiger partial charge < -0.3 is 14.4 Å². The number of piperazine rings is 1. The van der Waals surface area contributed by atoms with Crippen LogP contribution in [-0.2, 0) is 4.79 Å². The Hall–Kier alpha value is -2.60. The Morgan fingerprint density at radius 2 is 1.52 bits per heavy atom. The first-order valence-electron chi connectivity index (χ1n) is 11.3. The van der Waals surface area contributed by atoms with Crippen LogP contribution in [-0.4, -0.2) is 76.4 Å². The minimum absolute atomic E-state index is 0.114. The zero-order chi connectivity index (χ0) is 22.3. The van der Waals surface area contributed by atoms with Gasteiger partial charge in [-0.25, -0.2) is 0 Å². The van der Waals surface area contributed by atoms with Crippen LogP contribution in [0.15, 0.2) is 30.3 Å². The van der Waals surface area contributed by atoms with Crippen molar-refractivity contribution in [2.24, 2.45) is 5.92 Å². The van der Waals surface area contributed by atoms with E-state index in [0.29, 0.717) is 12.0 Å². The molecule has 1 aromatic carbocycles. The lowest BCUT2D eigenvalue weighted by Gasteiger charge is -2.38. The first kappa shape index (κ1) is 21.6. The highest BCUT2D eigenvalue weighted by atomic mass is 16.2. The van der Waals surface area contributed by atoms with Gasteiger partial charge in [0.15, 0.2) is 0 Å². The Bertz CT molecular complexity index is 968. The van der Waals surface area contributed by atoms with Crippen LogP contribution < -0.4 is 0 Å². The lowest BCUT2D eigenvalue weighted by Crippen LogP contribution is -2.53. The molecule has 0 saturated carbocycles. The molecule has 2 atom stereocenters. The van der Waals surface area contributed by atoms with Crippen molar-refractivity contribution in [2.75, 3.05) is 39.3 Å². The van der Waals surface area contributed by atoms with Crippen LogP contribution in [0.4, 0.5) is 0 Å². The number of likely N-dealkylation sites (tertiary alicyclic amines) is 1. The van der Waals surface area contributed by atoms with E-state index in [-0.39, 0.29) is 11.8 Å². The summed E-state index contributed by atoms with van der Waals surface area (Å²) in [6.07, 6.45) is 0. The zero-order valence-electron chi connectivity index (χ0n) is 19.4. The summed E-state index contributed by atoms with van der Waals surface area (Å²) in [7, 11) is 0. The first-order valence-corrected chi connectivity index (χ1v) is 11.3. The molecule has 0 bridgehead atoms. The summed E-state index contributed by atoms with van der Waals surface area (Å²) >= 11 is 0. The molecular weight excluding hydrogens is 388 g/mol. The van der Waals surface area contributed by atoms with Gasteiger partial charge in [-0.3, -0.25) is 14.5 Å². The van der Waals surface area contributed by atoms with Crippen molar-refractivity contribution in [3.63, 3.8) is 0 Å². The summed E-state index contributed by atoms with van der Waals surface area (Å²) in [5.74, 6) is 0.678. The van der Waals surface area contributed by atoms with E-state index < -0.39 is 0 Å². The van der Waals surface area contributed by atoms with Crippen molar-refractivity contribution < 1.29 is 9.59 Å². The molecule has 2 saturated heterocycles. The van der Waals surface area contributed by atoms with Crippen molar-refractivity contribution in [2.45, 2.75) is 40.7 Å². The summed E-state index contributed by atoms with van der Waals surface area (Å²) < 4.78 is 2.17. The number of aromatic nitrogens is 1. The number of benzene rings is 1. The Kier molecular flexibility index (Phi) is 5.93. The zero-order valence-corrected chi connectivity index (χ0v) is 19.4. The third-order valence-corrected chi connectivity index (χ3v) is 6.98. The molecule has 6 nitrogen and oxygen atoms in total. The minimum atomic E-state index is 0.114. The van der Waals surface area contributed by atoms with E-state index in [1.807, 2.05) is 22.8 Å². The predicted molar refractivity (Wildman–Crippen MR) is 123 cm³/mol. The molecule has 0 aliphatic carbocycles. The van der Waals surface area contributed by atoms with Crippen LogP contribution in [0.1, 0.15) is 41.2 Å². The standard InChI is InChI=1S/C25H34N4O2/c1-17-6-9-23(29-19(3)7-8-20(29)4)22(14-17)25(31)28-15-18(2)24(16-28)27-12-10-26(11-13-27)21(5)30/h6-9,14,18,24H,10-13,15-16H2,1-5H3. The monoisotopic (exact) mass is 422 g/mol. The number of rotatable bonds is 3. The Morgan fingerprint density at radius 3 is 2.13 bits per heavy atom.